The molecule has 0 fully saturated rings. The molecule has 1 aromatic heterocycles. The van der Waals surface area contributed by atoms with Crippen LogP contribution in [0.4, 0.5) is 5.69 Å². The molecule has 1 aliphatic heterocycles. The molecule has 7 nitrogen and oxygen atoms in total. The summed E-state index contributed by atoms with van der Waals surface area (Å²) in [4.78, 5) is 41.9. The van der Waals surface area contributed by atoms with Crippen LogP contribution in [0.5, 0.6) is 5.75 Å². The van der Waals surface area contributed by atoms with E-state index in [1.54, 1.807) is 42.5 Å². The molecule has 0 bridgehead atoms. The Morgan fingerprint density at radius 1 is 0.930 bits per heavy atom. The van der Waals surface area contributed by atoms with E-state index in [-0.39, 0.29) is 27.7 Å². The summed E-state index contributed by atoms with van der Waals surface area (Å²) >= 11 is 6.22. The zero-order chi connectivity index (χ0) is 29.9. The van der Waals surface area contributed by atoms with Gasteiger partial charge in [0.05, 0.1) is 29.2 Å². The van der Waals surface area contributed by atoms with Crippen molar-refractivity contribution in [3.05, 3.63) is 140 Å². The average molecular weight is 594 g/mol. The quantitative estimate of drug-likeness (QED) is 0.128. The normalized spacial score (nSPS) is 14.1. The molecule has 1 amide bonds. The van der Waals surface area contributed by atoms with Crippen molar-refractivity contribution in [3.63, 3.8) is 0 Å². The van der Waals surface area contributed by atoms with Crippen LogP contribution in [0.1, 0.15) is 63.4 Å². The Kier molecular flexibility index (Phi) is 7.99. The number of carbonyl (C=O) groups is 2. The highest BCUT2D eigenvalue weighted by atomic mass is 35.5. The fourth-order valence-electron chi connectivity index (χ4n) is 5.19. The van der Waals surface area contributed by atoms with Gasteiger partial charge in [-0.3, -0.25) is 14.5 Å². The van der Waals surface area contributed by atoms with Crippen molar-refractivity contribution in [2.45, 2.75) is 32.4 Å². The Balaban J connectivity index is 1.42. The monoisotopic (exact) mass is 593 g/mol. The van der Waals surface area contributed by atoms with Gasteiger partial charge in [-0.15, -0.1) is 0 Å². The first-order chi connectivity index (χ1) is 20.9. The molecule has 0 saturated heterocycles. The van der Waals surface area contributed by atoms with Crippen LogP contribution in [0.25, 0.3) is 11.0 Å². The third-order valence-corrected chi connectivity index (χ3v) is 7.60. The lowest BCUT2D eigenvalue weighted by Crippen LogP contribution is -2.29. The number of amides is 1. The van der Waals surface area contributed by atoms with Gasteiger partial charge in [-0.25, -0.2) is 4.79 Å². The molecular formula is C35H28ClNO6. The second kappa shape index (κ2) is 12.2. The predicted molar refractivity (Wildman–Crippen MR) is 165 cm³/mol. The van der Waals surface area contributed by atoms with Crippen LogP contribution in [0.2, 0.25) is 5.02 Å². The largest absolute Gasteiger partial charge is 0.489 e. The maximum absolute atomic E-state index is 14.0. The number of unbranched alkanes of at least 4 members (excludes halogenated alkanes) is 1. The van der Waals surface area contributed by atoms with Crippen molar-refractivity contribution in [1.29, 1.82) is 0 Å². The van der Waals surface area contributed by atoms with Gasteiger partial charge in [0.25, 0.3) is 5.91 Å². The molecule has 0 radical (unpaired) electrons. The van der Waals surface area contributed by atoms with Crippen molar-refractivity contribution in [1.82, 2.24) is 0 Å². The lowest BCUT2D eigenvalue weighted by molar-refractivity contribution is 0.0499. The van der Waals surface area contributed by atoms with E-state index in [0.29, 0.717) is 40.8 Å². The first-order valence-corrected chi connectivity index (χ1v) is 14.5. The van der Waals surface area contributed by atoms with E-state index in [0.717, 1.165) is 18.4 Å². The first-order valence-electron chi connectivity index (χ1n) is 14.1. The van der Waals surface area contributed by atoms with Crippen LogP contribution >= 0.6 is 11.6 Å². The fourth-order valence-corrected chi connectivity index (χ4v) is 5.36. The van der Waals surface area contributed by atoms with Crippen LogP contribution in [0, 0.1) is 0 Å². The zero-order valence-electron chi connectivity index (χ0n) is 23.4. The van der Waals surface area contributed by atoms with Crippen LogP contribution < -0.4 is 15.1 Å². The van der Waals surface area contributed by atoms with Gasteiger partial charge >= 0.3 is 5.97 Å². The molecule has 0 saturated carbocycles. The standard InChI is InChI=1S/C35H28ClNO6/c1-2-3-18-41-35(40)23-12-15-26(16-13-23)37-31(24-10-7-11-27(19-24)42-21-22-8-5-4-6-9-22)30-32(38)28-20-25(36)14-17-29(28)43-33(30)34(37)39/h4-17,19-20,31H,2-3,18,21H2,1H3. The number of ether oxygens (including phenoxy) is 2. The molecule has 5 aromatic rings. The molecule has 1 atom stereocenters. The minimum Gasteiger partial charge on any atom is -0.489 e. The van der Waals surface area contributed by atoms with E-state index in [4.69, 9.17) is 25.5 Å². The number of rotatable bonds is 9. The second-order valence-electron chi connectivity index (χ2n) is 10.3. The van der Waals surface area contributed by atoms with E-state index in [9.17, 15) is 14.4 Å². The van der Waals surface area contributed by atoms with Gasteiger partial charge in [0.2, 0.25) is 5.76 Å². The number of esters is 1. The first kappa shape index (κ1) is 28.2. The third kappa shape index (κ3) is 5.64. The summed E-state index contributed by atoms with van der Waals surface area (Å²) in [7, 11) is 0. The molecule has 4 aromatic carbocycles. The highest BCUT2D eigenvalue weighted by molar-refractivity contribution is 6.31. The fraction of sp³-hybridized carbons (Fsp3) is 0.171. The summed E-state index contributed by atoms with van der Waals surface area (Å²) < 4.78 is 17.5. The number of anilines is 1. The summed E-state index contributed by atoms with van der Waals surface area (Å²) in [5, 5.41) is 0.669. The number of benzene rings is 4. The molecule has 1 aliphatic rings. The number of fused-ring (bicyclic) bond motifs is 2. The SMILES string of the molecule is CCCCOC(=O)c1ccc(N2C(=O)c3oc4ccc(Cl)cc4c(=O)c3C2c2cccc(OCc3ccccc3)c2)cc1. The van der Waals surface area contributed by atoms with Crippen molar-refractivity contribution < 1.29 is 23.5 Å². The molecule has 0 aliphatic carbocycles. The van der Waals surface area contributed by atoms with Crippen molar-refractivity contribution >= 4 is 40.1 Å². The van der Waals surface area contributed by atoms with E-state index in [1.807, 2.05) is 61.5 Å². The number of hydrogen-bond acceptors (Lipinski definition) is 6. The van der Waals surface area contributed by atoms with Gasteiger partial charge in [-0.1, -0.05) is 67.4 Å². The Labute approximate surface area is 253 Å². The minimum atomic E-state index is -0.815. The Bertz CT molecular complexity index is 1870. The van der Waals surface area contributed by atoms with E-state index in [1.165, 1.54) is 4.90 Å². The third-order valence-electron chi connectivity index (χ3n) is 7.37. The van der Waals surface area contributed by atoms with E-state index in [2.05, 4.69) is 0 Å². The molecule has 216 valence electrons. The lowest BCUT2D eigenvalue weighted by Gasteiger charge is -2.25. The van der Waals surface area contributed by atoms with Gasteiger partial charge < -0.3 is 13.9 Å². The summed E-state index contributed by atoms with van der Waals surface area (Å²) in [6.07, 6.45) is 1.69. The Hall–Kier alpha value is -4.88. The summed E-state index contributed by atoms with van der Waals surface area (Å²) in [5.74, 6) is -0.359. The van der Waals surface area contributed by atoms with E-state index >= 15 is 0 Å². The van der Waals surface area contributed by atoms with Crippen LogP contribution in [-0.4, -0.2) is 18.5 Å². The molecular weight excluding hydrogens is 566 g/mol. The summed E-state index contributed by atoms with van der Waals surface area (Å²) in [5.41, 5.74) is 2.67. The van der Waals surface area contributed by atoms with Gasteiger partial charge in [-0.2, -0.15) is 0 Å². The van der Waals surface area contributed by atoms with Gasteiger partial charge in [0.1, 0.15) is 17.9 Å². The molecule has 6 rings (SSSR count). The smallest absolute Gasteiger partial charge is 0.338 e. The van der Waals surface area contributed by atoms with Crippen LogP contribution in [0.15, 0.2) is 106 Å². The number of carbonyl (C=O) groups excluding carboxylic acids is 2. The van der Waals surface area contributed by atoms with Gasteiger partial charge in [0, 0.05) is 10.7 Å². The zero-order valence-corrected chi connectivity index (χ0v) is 24.2. The summed E-state index contributed by atoms with van der Waals surface area (Å²) in [6, 6.07) is 27.6. The topological polar surface area (TPSA) is 86.0 Å². The van der Waals surface area contributed by atoms with E-state index < -0.39 is 17.9 Å². The number of hydrogen-bond donors (Lipinski definition) is 0. The van der Waals surface area contributed by atoms with Crippen LogP contribution in [0.3, 0.4) is 0 Å². The van der Waals surface area contributed by atoms with Gasteiger partial charge in [-0.05, 0) is 72.1 Å². The van der Waals surface area contributed by atoms with Crippen molar-refractivity contribution in [2.24, 2.45) is 0 Å². The average Bonchev–Trinajstić information content (AvgIpc) is 3.33. The second-order valence-corrected chi connectivity index (χ2v) is 10.7. The molecule has 0 spiro atoms. The highest BCUT2D eigenvalue weighted by Crippen LogP contribution is 2.42. The Morgan fingerprint density at radius 2 is 1.72 bits per heavy atom. The number of halogens is 1. The maximum atomic E-state index is 14.0. The maximum Gasteiger partial charge on any atom is 0.338 e. The Morgan fingerprint density at radius 3 is 2.49 bits per heavy atom. The number of nitrogens with zero attached hydrogens (tertiary/aromatic N) is 1. The highest BCUT2D eigenvalue weighted by Gasteiger charge is 2.43. The molecule has 8 heteroatoms. The molecule has 43 heavy (non-hydrogen) atoms. The van der Waals surface area contributed by atoms with Crippen molar-refractivity contribution in [2.75, 3.05) is 11.5 Å². The minimum absolute atomic E-state index is 0.0384. The molecule has 0 N–H and O–H groups in total. The molecule has 1 unspecified atom stereocenters. The van der Waals surface area contributed by atoms with Crippen LogP contribution in [-0.2, 0) is 11.3 Å². The lowest BCUT2D eigenvalue weighted by atomic mass is 9.98. The van der Waals surface area contributed by atoms with Crippen molar-refractivity contribution in [3.8, 4) is 5.75 Å². The molecule has 2 heterocycles. The summed E-state index contributed by atoms with van der Waals surface area (Å²) in [6.45, 7) is 2.72. The predicted octanol–water partition coefficient (Wildman–Crippen LogP) is 7.73. The van der Waals surface area contributed by atoms with Gasteiger partial charge in [0.15, 0.2) is 5.43 Å².